The fourth-order valence-electron chi connectivity index (χ4n) is 1.38. The number of methoxy groups -OCH3 is 1. The average Bonchev–Trinajstić information content (AvgIpc) is 2.86. The molecule has 2 aromatic rings. The highest BCUT2D eigenvalue weighted by Crippen LogP contribution is 2.03. The molecule has 2 rings (SSSR count). The highest BCUT2D eigenvalue weighted by molar-refractivity contribution is 5.84. The predicted octanol–water partition coefficient (Wildman–Crippen LogP) is 0.380. The summed E-state index contributed by atoms with van der Waals surface area (Å²) in [6.07, 6.45) is 2.98. The lowest BCUT2D eigenvalue weighted by Crippen LogP contribution is -2.06. The van der Waals surface area contributed by atoms with E-state index in [1.807, 2.05) is 6.07 Å². The number of ether oxygens (including phenoxy) is 1. The maximum atomic E-state index is 11.2. The van der Waals surface area contributed by atoms with Crippen LogP contribution in [0.5, 0.6) is 0 Å². The first-order valence-corrected chi connectivity index (χ1v) is 5.05. The minimum Gasteiger partial charge on any atom is -0.463 e. The van der Waals surface area contributed by atoms with Crippen molar-refractivity contribution in [2.24, 2.45) is 0 Å². The van der Waals surface area contributed by atoms with Crippen molar-refractivity contribution in [1.29, 1.82) is 5.26 Å². The molecule has 0 radical (unpaired) electrons. The number of nitriles is 1. The van der Waals surface area contributed by atoms with Crippen molar-refractivity contribution in [3.8, 4) is 6.07 Å². The van der Waals surface area contributed by atoms with Gasteiger partial charge in [-0.25, -0.2) is 19.4 Å². The van der Waals surface area contributed by atoms with Gasteiger partial charge in [0.2, 0.25) is 0 Å². The summed E-state index contributed by atoms with van der Waals surface area (Å²) in [4.78, 5) is 18.9. The SMILES string of the molecule is COC(=O)c1ncn(Cc2ccnc(C#N)c2)n1. The van der Waals surface area contributed by atoms with Gasteiger partial charge in [0.05, 0.1) is 13.7 Å². The van der Waals surface area contributed by atoms with Crippen LogP contribution in [0.3, 0.4) is 0 Å². The summed E-state index contributed by atoms with van der Waals surface area (Å²) in [5.41, 5.74) is 1.18. The van der Waals surface area contributed by atoms with E-state index in [0.717, 1.165) is 5.56 Å². The molecule has 2 heterocycles. The van der Waals surface area contributed by atoms with Crippen molar-refractivity contribution in [3.05, 3.63) is 41.7 Å². The number of hydrogen-bond acceptors (Lipinski definition) is 6. The first kappa shape index (κ1) is 11.7. The Morgan fingerprint density at radius 3 is 3.11 bits per heavy atom. The van der Waals surface area contributed by atoms with E-state index in [9.17, 15) is 4.79 Å². The van der Waals surface area contributed by atoms with Crippen molar-refractivity contribution in [3.63, 3.8) is 0 Å². The van der Waals surface area contributed by atoms with Gasteiger partial charge in [-0.3, -0.25) is 0 Å². The highest BCUT2D eigenvalue weighted by Gasteiger charge is 2.11. The lowest BCUT2D eigenvalue weighted by molar-refractivity contribution is 0.0586. The van der Waals surface area contributed by atoms with E-state index in [1.165, 1.54) is 18.1 Å². The molecule has 0 unspecified atom stereocenters. The molecule has 18 heavy (non-hydrogen) atoms. The van der Waals surface area contributed by atoms with Gasteiger partial charge < -0.3 is 4.74 Å². The van der Waals surface area contributed by atoms with Gasteiger partial charge in [-0.1, -0.05) is 0 Å². The Bertz CT molecular complexity index is 614. The molecule has 0 bridgehead atoms. The van der Waals surface area contributed by atoms with E-state index < -0.39 is 5.97 Å². The molecule has 0 aliphatic rings. The summed E-state index contributed by atoms with van der Waals surface area (Å²) in [6.45, 7) is 0.404. The molecule has 2 aromatic heterocycles. The zero-order valence-electron chi connectivity index (χ0n) is 9.57. The Morgan fingerprint density at radius 1 is 1.56 bits per heavy atom. The molecule has 0 aliphatic heterocycles. The third-order valence-electron chi connectivity index (χ3n) is 2.19. The van der Waals surface area contributed by atoms with E-state index in [2.05, 4.69) is 19.8 Å². The molecule has 0 N–H and O–H groups in total. The summed E-state index contributed by atoms with van der Waals surface area (Å²) >= 11 is 0. The van der Waals surface area contributed by atoms with Crippen molar-refractivity contribution < 1.29 is 9.53 Å². The van der Waals surface area contributed by atoms with Crippen molar-refractivity contribution in [1.82, 2.24) is 19.7 Å². The second-order valence-corrected chi connectivity index (χ2v) is 3.42. The number of rotatable bonds is 3. The van der Waals surface area contributed by atoms with Crippen LogP contribution in [0.1, 0.15) is 21.9 Å². The molecule has 0 aliphatic carbocycles. The van der Waals surface area contributed by atoms with Crippen molar-refractivity contribution >= 4 is 5.97 Å². The lowest BCUT2D eigenvalue weighted by atomic mass is 10.2. The first-order valence-electron chi connectivity index (χ1n) is 5.05. The molecule has 90 valence electrons. The molecular formula is C11H9N5O2. The average molecular weight is 243 g/mol. The molecule has 0 aromatic carbocycles. The van der Waals surface area contributed by atoms with Crippen LogP contribution in [0, 0.1) is 11.3 Å². The number of carbonyl (C=O) groups excluding carboxylic acids is 1. The van der Waals surface area contributed by atoms with Gasteiger partial charge in [0.25, 0.3) is 5.82 Å². The molecule has 0 saturated heterocycles. The van der Waals surface area contributed by atoms with Gasteiger partial charge in [-0.15, -0.1) is 5.10 Å². The number of carbonyl (C=O) groups is 1. The van der Waals surface area contributed by atoms with Crippen LogP contribution in [0.25, 0.3) is 0 Å². The molecule has 0 amide bonds. The monoisotopic (exact) mass is 243 g/mol. The molecule has 0 saturated carbocycles. The van der Waals surface area contributed by atoms with Crippen LogP contribution < -0.4 is 0 Å². The second kappa shape index (κ2) is 5.05. The van der Waals surface area contributed by atoms with Gasteiger partial charge in [-0.05, 0) is 17.7 Å². The topological polar surface area (TPSA) is 93.7 Å². The number of aromatic nitrogens is 4. The van der Waals surface area contributed by atoms with Crippen LogP contribution in [0.4, 0.5) is 0 Å². The molecular weight excluding hydrogens is 234 g/mol. The molecule has 0 spiro atoms. The Hall–Kier alpha value is -2.75. The Kier molecular flexibility index (Phi) is 3.29. The predicted molar refractivity (Wildman–Crippen MR) is 59.4 cm³/mol. The Labute approximate surface area is 103 Å². The minimum atomic E-state index is -0.582. The number of hydrogen-bond donors (Lipinski definition) is 0. The summed E-state index contributed by atoms with van der Waals surface area (Å²) < 4.78 is 5.99. The van der Waals surface area contributed by atoms with Crippen LogP contribution in [-0.4, -0.2) is 32.8 Å². The summed E-state index contributed by atoms with van der Waals surface area (Å²) in [5.74, 6) is -0.576. The summed E-state index contributed by atoms with van der Waals surface area (Å²) in [7, 11) is 1.27. The van der Waals surface area contributed by atoms with Crippen LogP contribution in [0.15, 0.2) is 24.7 Å². The zero-order valence-corrected chi connectivity index (χ0v) is 9.57. The largest absolute Gasteiger partial charge is 0.463 e. The smallest absolute Gasteiger partial charge is 0.377 e. The molecule has 0 fully saturated rings. The van der Waals surface area contributed by atoms with E-state index in [-0.39, 0.29) is 5.82 Å². The van der Waals surface area contributed by atoms with Gasteiger partial charge in [0.1, 0.15) is 18.1 Å². The molecule has 0 atom stereocenters. The fourth-order valence-corrected chi connectivity index (χ4v) is 1.38. The lowest BCUT2D eigenvalue weighted by Gasteiger charge is -2.00. The second-order valence-electron chi connectivity index (χ2n) is 3.42. The maximum absolute atomic E-state index is 11.2. The normalized spacial score (nSPS) is 9.78. The van der Waals surface area contributed by atoms with Crippen molar-refractivity contribution in [2.75, 3.05) is 7.11 Å². The highest BCUT2D eigenvalue weighted by atomic mass is 16.5. The zero-order chi connectivity index (χ0) is 13.0. The Morgan fingerprint density at radius 2 is 2.39 bits per heavy atom. The Balaban J connectivity index is 2.16. The van der Waals surface area contributed by atoms with Crippen LogP contribution >= 0.6 is 0 Å². The summed E-state index contributed by atoms with van der Waals surface area (Å²) in [6, 6.07) is 5.37. The van der Waals surface area contributed by atoms with E-state index in [4.69, 9.17) is 5.26 Å². The minimum absolute atomic E-state index is 0.00654. The fraction of sp³-hybridized carbons (Fsp3) is 0.182. The molecule has 7 heteroatoms. The van der Waals surface area contributed by atoms with Gasteiger partial charge in [-0.2, -0.15) is 5.26 Å². The van der Waals surface area contributed by atoms with E-state index in [0.29, 0.717) is 12.2 Å². The van der Waals surface area contributed by atoms with Gasteiger partial charge in [0, 0.05) is 6.20 Å². The maximum Gasteiger partial charge on any atom is 0.377 e. The quantitative estimate of drug-likeness (QED) is 0.723. The summed E-state index contributed by atoms with van der Waals surface area (Å²) in [5, 5.41) is 12.7. The molecule has 7 nitrogen and oxygen atoms in total. The number of pyridine rings is 1. The van der Waals surface area contributed by atoms with E-state index in [1.54, 1.807) is 18.3 Å². The van der Waals surface area contributed by atoms with Crippen molar-refractivity contribution in [2.45, 2.75) is 6.54 Å². The van der Waals surface area contributed by atoms with Gasteiger partial charge >= 0.3 is 5.97 Å². The third kappa shape index (κ3) is 2.49. The van der Waals surface area contributed by atoms with Crippen LogP contribution in [0.2, 0.25) is 0 Å². The third-order valence-corrected chi connectivity index (χ3v) is 2.19. The van der Waals surface area contributed by atoms with E-state index >= 15 is 0 Å². The van der Waals surface area contributed by atoms with Crippen LogP contribution in [-0.2, 0) is 11.3 Å². The van der Waals surface area contributed by atoms with Gasteiger partial charge in [0.15, 0.2) is 0 Å². The number of nitrogens with zero attached hydrogens (tertiary/aromatic N) is 5. The standard InChI is InChI=1S/C11H9N5O2/c1-18-11(17)10-14-7-16(15-10)6-8-2-3-13-9(4-8)5-12/h2-4,7H,6H2,1H3. The first-order chi connectivity index (χ1) is 8.72. The number of esters is 1.